The Bertz CT molecular complexity index is 1000. The molecule has 3 rings (SSSR count). The fraction of sp³-hybridized carbons (Fsp3) is 0.300. The van der Waals surface area contributed by atoms with Gasteiger partial charge in [0.15, 0.2) is 9.84 Å². The molecular formula is C20H22ClN3O4S. The number of carbonyl (C=O) groups is 2. The van der Waals surface area contributed by atoms with Gasteiger partial charge in [0.2, 0.25) is 5.91 Å². The average Bonchev–Trinajstić information content (AvgIpc) is 2.68. The molecule has 1 N–H and O–H groups in total. The van der Waals surface area contributed by atoms with Crippen molar-refractivity contribution in [1.29, 1.82) is 0 Å². The molecule has 1 saturated heterocycles. The maximum Gasteiger partial charge on any atom is 0.321 e. The third kappa shape index (κ3) is 5.48. The van der Waals surface area contributed by atoms with Gasteiger partial charge in [-0.2, -0.15) is 0 Å². The molecule has 154 valence electrons. The van der Waals surface area contributed by atoms with Gasteiger partial charge in [-0.05, 0) is 48.9 Å². The van der Waals surface area contributed by atoms with E-state index in [1.807, 2.05) is 31.2 Å². The van der Waals surface area contributed by atoms with E-state index in [4.69, 9.17) is 11.6 Å². The van der Waals surface area contributed by atoms with Crippen LogP contribution < -0.4 is 5.32 Å². The van der Waals surface area contributed by atoms with E-state index in [2.05, 4.69) is 5.32 Å². The Hall–Kier alpha value is -2.58. The van der Waals surface area contributed by atoms with E-state index in [0.717, 1.165) is 5.56 Å². The number of piperazine rings is 1. The van der Waals surface area contributed by atoms with Gasteiger partial charge in [-0.15, -0.1) is 0 Å². The molecule has 0 aliphatic carbocycles. The van der Waals surface area contributed by atoms with Crippen LogP contribution in [0.2, 0.25) is 5.02 Å². The fourth-order valence-corrected chi connectivity index (χ4v) is 4.41. The van der Waals surface area contributed by atoms with Crippen LogP contribution in [0, 0.1) is 6.92 Å². The number of halogens is 1. The van der Waals surface area contributed by atoms with Crippen molar-refractivity contribution >= 4 is 39.1 Å². The average molecular weight is 436 g/mol. The zero-order chi connectivity index (χ0) is 21.0. The minimum absolute atomic E-state index is 0.0615. The number of sulfone groups is 1. The van der Waals surface area contributed by atoms with Crippen molar-refractivity contribution in [3.05, 3.63) is 59.1 Å². The van der Waals surface area contributed by atoms with Gasteiger partial charge in [0.1, 0.15) is 5.75 Å². The predicted octanol–water partition coefficient (Wildman–Crippen LogP) is 2.80. The highest BCUT2D eigenvalue weighted by Gasteiger charge is 2.28. The molecule has 29 heavy (non-hydrogen) atoms. The monoisotopic (exact) mass is 435 g/mol. The number of rotatable bonds is 4. The second-order valence-corrected chi connectivity index (χ2v) is 9.31. The first kappa shape index (κ1) is 21.1. The molecule has 2 aromatic rings. The second kappa shape index (κ2) is 8.84. The number of nitrogens with one attached hydrogen (secondary N) is 1. The van der Waals surface area contributed by atoms with Gasteiger partial charge in [0, 0.05) is 36.9 Å². The normalized spacial score (nSPS) is 14.6. The van der Waals surface area contributed by atoms with Crippen molar-refractivity contribution in [2.24, 2.45) is 0 Å². The van der Waals surface area contributed by atoms with Crippen LogP contribution in [0.1, 0.15) is 5.56 Å². The van der Waals surface area contributed by atoms with Crippen LogP contribution >= 0.6 is 11.6 Å². The minimum Gasteiger partial charge on any atom is -0.338 e. The van der Waals surface area contributed by atoms with Crippen LogP contribution in [0.3, 0.4) is 0 Å². The first-order chi connectivity index (χ1) is 13.7. The van der Waals surface area contributed by atoms with E-state index in [1.165, 1.54) is 29.2 Å². The van der Waals surface area contributed by atoms with Crippen LogP contribution in [0.15, 0.2) is 53.4 Å². The summed E-state index contributed by atoms with van der Waals surface area (Å²) < 4.78 is 24.9. The molecule has 1 aliphatic rings. The van der Waals surface area contributed by atoms with E-state index in [1.54, 1.807) is 4.90 Å². The molecule has 0 bridgehead atoms. The van der Waals surface area contributed by atoms with Crippen LogP contribution in [-0.2, 0) is 14.6 Å². The number of nitrogens with zero attached hydrogens (tertiary/aromatic N) is 2. The summed E-state index contributed by atoms with van der Waals surface area (Å²) in [5.74, 6) is -1.08. The number of carbonyl (C=O) groups excluding carboxylic acids is 2. The van der Waals surface area contributed by atoms with E-state index < -0.39 is 21.5 Å². The van der Waals surface area contributed by atoms with E-state index >= 15 is 0 Å². The number of hydrogen-bond donors (Lipinski definition) is 1. The van der Waals surface area contributed by atoms with Crippen molar-refractivity contribution in [1.82, 2.24) is 9.80 Å². The van der Waals surface area contributed by atoms with Crippen molar-refractivity contribution < 1.29 is 18.0 Å². The van der Waals surface area contributed by atoms with Gasteiger partial charge in [0.05, 0.1) is 4.90 Å². The summed E-state index contributed by atoms with van der Waals surface area (Å²) in [6.07, 6.45) is 0. The summed E-state index contributed by atoms with van der Waals surface area (Å²) in [7, 11) is -3.74. The molecule has 0 spiro atoms. The van der Waals surface area contributed by atoms with Crippen LogP contribution in [0.5, 0.6) is 0 Å². The van der Waals surface area contributed by atoms with Crippen molar-refractivity contribution in [2.75, 3.05) is 37.2 Å². The first-order valence-corrected chi connectivity index (χ1v) is 11.2. The van der Waals surface area contributed by atoms with E-state index in [-0.39, 0.29) is 24.0 Å². The zero-order valence-electron chi connectivity index (χ0n) is 16.0. The SMILES string of the molecule is Cc1cccc(NC(=O)N2CCN(C(=O)CS(=O)(=O)c3ccc(Cl)cc3)CC2)c1. The molecule has 1 aliphatic heterocycles. The van der Waals surface area contributed by atoms with Gasteiger partial charge < -0.3 is 15.1 Å². The van der Waals surface area contributed by atoms with Crippen molar-refractivity contribution in [2.45, 2.75) is 11.8 Å². The third-order valence-electron chi connectivity index (χ3n) is 4.68. The molecule has 0 radical (unpaired) electrons. The Morgan fingerprint density at radius 1 is 1.00 bits per heavy atom. The zero-order valence-corrected chi connectivity index (χ0v) is 17.5. The smallest absolute Gasteiger partial charge is 0.321 e. The summed E-state index contributed by atoms with van der Waals surface area (Å²) in [6.45, 7) is 3.19. The van der Waals surface area contributed by atoms with Gasteiger partial charge in [0.25, 0.3) is 0 Å². The first-order valence-electron chi connectivity index (χ1n) is 9.13. The minimum atomic E-state index is -3.74. The Labute approximate surface area is 175 Å². The molecule has 3 amide bonds. The lowest BCUT2D eigenvalue weighted by molar-refractivity contribution is -0.129. The highest BCUT2D eigenvalue weighted by molar-refractivity contribution is 7.92. The highest BCUT2D eigenvalue weighted by atomic mass is 35.5. The predicted molar refractivity (Wildman–Crippen MR) is 112 cm³/mol. The summed E-state index contributed by atoms with van der Waals surface area (Å²) in [4.78, 5) is 28.0. The summed E-state index contributed by atoms with van der Waals surface area (Å²) in [5, 5.41) is 3.26. The molecule has 0 aromatic heterocycles. The molecule has 0 unspecified atom stereocenters. The Kier molecular flexibility index (Phi) is 6.44. The maximum atomic E-state index is 12.5. The third-order valence-corrected chi connectivity index (χ3v) is 6.54. The van der Waals surface area contributed by atoms with Gasteiger partial charge >= 0.3 is 6.03 Å². The lowest BCUT2D eigenvalue weighted by Crippen LogP contribution is -2.52. The molecule has 0 atom stereocenters. The Balaban J connectivity index is 1.54. The highest BCUT2D eigenvalue weighted by Crippen LogP contribution is 2.17. The quantitative estimate of drug-likeness (QED) is 0.800. The lowest BCUT2D eigenvalue weighted by atomic mass is 10.2. The molecule has 0 saturated carbocycles. The molecule has 9 heteroatoms. The standard InChI is InChI=1S/C20H22ClN3O4S/c1-15-3-2-4-17(13-15)22-20(26)24-11-9-23(10-12-24)19(25)14-29(27,28)18-7-5-16(21)6-8-18/h2-8,13H,9-12,14H2,1H3,(H,22,26). The maximum absolute atomic E-state index is 12.5. The van der Waals surface area contributed by atoms with Crippen LogP contribution in [-0.4, -0.2) is 62.1 Å². The number of benzene rings is 2. The van der Waals surface area contributed by atoms with Gasteiger partial charge in [-0.1, -0.05) is 23.7 Å². The number of urea groups is 1. The Morgan fingerprint density at radius 3 is 2.24 bits per heavy atom. The van der Waals surface area contributed by atoms with Gasteiger partial charge in [-0.3, -0.25) is 4.79 Å². The molecule has 7 nitrogen and oxygen atoms in total. The molecular weight excluding hydrogens is 414 g/mol. The van der Waals surface area contributed by atoms with Gasteiger partial charge in [-0.25, -0.2) is 13.2 Å². The fourth-order valence-electron chi connectivity index (χ4n) is 3.06. The number of amides is 3. The van der Waals surface area contributed by atoms with E-state index in [9.17, 15) is 18.0 Å². The van der Waals surface area contributed by atoms with Crippen LogP contribution in [0.4, 0.5) is 10.5 Å². The van der Waals surface area contributed by atoms with Crippen molar-refractivity contribution in [3.8, 4) is 0 Å². The lowest BCUT2D eigenvalue weighted by Gasteiger charge is -2.34. The van der Waals surface area contributed by atoms with E-state index in [0.29, 0.717) is 23.8 Å². The molecule has 1 fully saturated rings. The summed E-state index contributed by atoms with van der Waals surface area (Å²) in [5.41, 5.74) is 1.75. The largest absolute Gasteiger partial charge is 0.338 e. The Morgan fingerprint density at radius 2 is 1.62 bits per heavy atom. The molecule has 2 aromatic carbocycles. The second-order valence-electron chi connectivity index (χ2n) is 6.88. The number of aryl methyl sites for hydroxylation is 1. The summed E-state index contributed by atoms with van der Waals surface area (Å²) >= 11 is 5.78. The number of anilines is 1. The number of hydrogen-bond acceptors (Lipinski definition) is 4. The van der Waals surface area contributed by atoms with Crippen LogP contribution in [0.25, 0.3) is 0 Å². The van der Waals surface area contributed by atoms with Crippen molar-refractivity contribution in [3.63, 3.8) is 0 Å². The topological polar surface area (TPSA) is 86.8 Å². The summed E-state index contributed by atoms with van der Waals surface area (Å²) in [6, 6.07) is 13.0. The molecule has 1 heterocycles.